The van der Waals surface area contributed by atoms with Crippen molar-refractivity contribution >= 4 is 35.1 Å². The van der Waals surface area contributed by atoms with E-state index in [0.717, 1.165) is 0 Å². The van der Waals surface area contributed by atoms with Gasteiger partial charge in [0, 0.05) is 11.5 Å². The Kier molecular flexibility index (Phi) is 2.33. The number of fused-ring (bicyclic) bond motifs is 1. The zero-order valence-electron chi connectivity index (χ0n) is 7.25. The Hall–Kier alpha value is -0.870. The molecule has 2 rings (SSSR count). The fraction of sp³-hybridized carbons (Fsp3) is 0.111. The highest BCUT2D eigenvalue weighted by molar-refractivity contribution is 7.80. The second-order valence-electron chi connectivity index (χ2n) is 2.88. The van der Waals surface area contributed by atoms with Crippen molar-refractivity contribution in [1.29, 1.82) is 0 Å². The predicted molar refractivity (Wildman–Crippen MR) is 56.5 cm³/mol. The third kappa shape index (κ3) is 1.55. The number of nitrogens with zero attached hydrogens (tertiary/aromatic N) is 2. The minimum absolute atomic E-state index is 0.0558. The van der Waals surface area contributed by atoms with Gasteiger partial charge in [-0.15, -0.1) is 12.6 Å². The quantitative estimate of drug-likeness (QED) is 0.554. The number of aryl methyl sites for hydroxylation is 1. The maximum absolute atomic E-state index is 13.1. The fourth-order valence-electron chi connectivity index (χ4n) is 1.22. The third-order valence-electron chi connectivity index (χ3n) is 1.83. The van der Waals surface area contributed by atoms with Crippen LogP contribution < -0.4 is 0 Å². The van der Waals surface area contributed by atoms with Gasteiger partial charge in [-0.3, -0.25) is 0 Å². The third-order valence-corrected chi connectivity index (χ3v) is 2.46. The Labute approximate surface area is 90.5 Å². The molecule has 0 radical (unpaired) electrons. The van der Waals surface area contributed by atoms with Crippen LogP contribution in [0.15, 0.2) is 17.2 Å². The SMILES string of the molecule is Cc1nc(S)c2cc(Cl)c(F)cc2n1. The van der Waals surface area contributed by atoms with Crippen LogP contribution in [0.1, 0.15) is 5.82 Å². The van der Waals surface area contributed by atoms with Crippen molar-refractivity contribution in [1.82, 2.24) is 9.97 Å². The molecule has 0 aliphatic carbocycles. The van der Waals surface area contributed by atoms with Gasteiger partial charge in [-0.05, 0) is 13.0 Å². The zero-order valence-corrected chi connectivity index (χ0v) is 8.90. The molecule has 0 atom stereocenters. The summed E-state index contributed by atoms with van der Waals surface area (Å²) < 4.78 is 13.1. The molecule has 0 fully saturated rings. The molecule has 14 heavy (non-hydrogen) atoms. The lowest BCUT2D eigenvalue weighted by atomic mass is 10.2. The largest absolute Gasteiger partial charge is 0.233 e. The summed E-state index contributed by atoms with van der Waals surface area (Å²) in [6.45, 7) is 1.73. The van der Waals surface area contributed by atoms with Crippen LogP contribution >= 0.6 is 24.2 Å². The molecule has 5 heteroatoms. The Morgan fingerprint density at radius 3 is 2.79 bits per heavy atom. The Bertz CT molecular complexity index is 516. The van der Waals surface area contributed by atoms with E-state index in [1.54, 1.807) is 6.92 Å². The number of hydrogen-bond donors (Lipinski definition) is 1. The lowest BCUT2D eigenvalue weighted by molar-refractivity contribution is 0.629. The van der Waals surface area contributed by atoms with Crippen molar-refractivity contribution in [2.75, 3.05) is 0 Å². The molecule has 1 aromatic heterocycles. The van der Waals surface area contributed by atoms with Gasteiger partial charge in [0.05, 0.1) is 10.5 Å². The Balaban J connectivity index is 2.89. The minimum Gasteiger partial charge on any atom is -0.233 e. The highest BCUT2D eigenvalue weighted by Crippen LogP contribution is 2.25. The molecule has 0 aliphatic heterocycles. The van der Waals surface area contributed by atoms with Crippen LogP contribution in [0, 0.1) is 12.7 Å². The lowest BCUT2D eigenvalue weighted by Crippen LogP contribution is -1.92. The van der Waals surface area contributed by atoms with Gasteiger partial charge in [0.2, 0.25) is 0 Å². The topological polar surface area (TPSA) is 25.8 Å². The van der Waals surface area contributed by atoms with Gasteiger partial charge in [-0.2, -0.15) is 0 Å². The van der Waals surface area contributed by atoms with Crippen LogP contribution in [0.4, 0.5) is 4.39 Å². The van der Waals surface area contributed by atoms with Crippen molar-refractivity contribution < 1.29 is 4.39 Å². The minimum atomic E-state index is -0.481. The first-order valence-electron chi connectivity index (χ1n) is 3.90. The monoisotopic (exact) mass is 228 g/mol. The van der Waals surface area contributed by atoms with Crippen LogP contribution in [0.3, 0.4) is 0 Å². The average Bonchev–Trinajstić information content (AvgIpc) is 2.08. The molecule has 0 N–H and O–H groups in total. The molecular weight excluding hydrogens is 223 g/mol. The first-order valence-corrected chi connectivity index (χ1v) is 4.73. The van der Waals surface area contributed by atoms with E-state index < -0.39 is 5.82 Å². The Morgan fingerprint density at radius 2 is 2.07 bits per heavy atom. The Morgan fingerprint density at radius 1 is 1.36 bits per heavy atom. The van der Waals surface area contributed by atoms with Crippen LogP contribution in [0.5, 0.6) is 0 Å². The molecule has 0 aliphatic rings. The van der Waals surface area contributed by atoms with Gasteiger partial charge in [0.15, 0.2) is 0 Å². The zero-order chi connectivity index (χ0) is 10.3. The summed E-state index contributed by atoms with van der Waals surface area (Å²) in [6, 6.07) is 2.76. The first-order chi connectivity index (χ1) is 6.58. The van der Waals surface area contributed by atoms with E-state index in [0.29, 0.717) is 21.8 Å². The number of rotatable bonds is 0. The smallest absolute Gasteiger partial charge is 0.143 e. The van der Waals surface area contributed by atoms with Gasteiger partial charge in [0.1, 0.15) is 16.7 Å². The summed E-state index contributed by atoms with van der Waals surface area (Å²) in [6.07, 6.45) is 0. The normalized spacial score (nSPS) is 10.9. The maximum Gasteiger partial charge on any atom is 0.143 e. The molecule has 72 valence electrons. The van der Waals surface area contributed by atoms with Crippen molar-refractivity contribution in [2.45, 2.75) is 11.9 Å². The molecule has 0 unspecified atom stereocenters. The summed E-state index contributed by atoms with van der Waals surface area (Å²) in [4.78, 5) is 8.12. The second kappa shape index (κ2) is 3.37. The number of halogens is 2. The number of aromatic nitrogens is 2. The lowest BCUT2D eigenvalue weighted by Gasteiger charge is -2.02. The molecule has 1 aromatic carbocycles. The fourth-order valence-corrected chi connectivity index (χ4v) is 1.71. The van der Waals surface area contributed by atoms with Gasteiger partial charge < -0.3 is 0 Å². The van der Waals surface area contributed by atoms with E-state index >= 15 is 0 Å². The molecule has 0 spiro atoms. The van der Waals surface area contributed by atoms with Gasteiger partial charge in [-0.25, -0.2) is 14.4 Å². The predicted octanol–water partition coefficient (Wildman–Crippen LogP) is 3.02. The summed E-state index contributed by atoms with van der Waals surface area (Å²) in [5.74, 6) is 0.0780. The van der Waals surface area contributed by atoms with Gasteiger partial charge >= 0.3 is 0 Å². The molecule has 0 bridgehead atoms. The van der Waals surface area contributed by atoms with Crippen LogP contribution in [0.25, 0.3) is 10.9 Å². The van der Waals surface area contributed by atoms with E-state index in [9.17, 15) is 4.39 Å². The summed E-state index contributed by atoms with van der Waals surface area (Å²) in [5.41, 5.74) is 0.518. The molecule has 2 aromatic rings. The van der Waals surface area contributed by atoms with Gasteiger partial charge in [0.25, 0.3) is 0 Å². The van der Waals surface area contributed by atoms with E-state index in [2.05, 4.69) is 22.6 Å². The number of hydrogen-bond acceptors (Lipinski definition) is 3. The van der Waals surface area contributed by atoms with Crippen molar-refractivity contribution in [3.8, 4) is 0 Å². The molecule has 0 amide bonds. The summed E-state index contributed by atoms with van der Waals surface area (Å²) >= 11 is 9.80. The van der Waals surface area contributed by atoms with E-state index in [-0.39, 0.29) is 5.02 Å². The molecule has 0 saturated heterocycles. The average molecular weight is 229 g/mol. The van der Waals surface area contributed by atoms with Crippen LogP contribution in [0.2, 0.25) is 5.02 Å². The summed E-state index contributed by atoms with van der Waals surface area (Å²) in [5, 5.41) is 1.22. The van der Waals surface area contributed by atoms with Crippen molar-refractivity contribution in [3.63, 3.8) is 0 Å². The van der Waals surface area contributed by atoms with Crippen LogP contribution in [-0.2, 0) is 0 Å². The number of benzene rings is 1. The van der Waals surface area contributed by atoms with Crippen molar-refractivity contribution in [2.24, 2.45) is 0 Å². The maximum atomic E-state index is 13.1. The molecule has 0 saturated carbocycles. The van der Waals surface area contributed by atoms with E-state index in [1.165, 1.54) is 12.1 Å². The van der Waals surface area contributed by atoms with E-state index in [4.69, 9.17) is 11.6 Å². The standard InChI is InChI=1S/C9H6ClFN2S/c1-4-12-8-3-7(11)6(10)2-5(8)9(14)13-4/h2-3H,1H3,(H,12,13,14). The number of thiol groups is 1. The molecule has 2 nitrogen and oxygen atoms in total. The molecule has 1 heterocycles. The van der Waals surface area contributed by atoms with Crippen LogP contribution in [-0.4, -0.2) is 9.97 Å². The van der Waals surface area contributed by atoms with Gasteiger partial charge in [-0.1, -0.05) is 11.6 Å². The molecular formula is C9H6ClFN2S. The highest BCUT2D eigenvalue weighted by atomic mass is 35.5. The van der Waals surface area contributed by atoms with Crippen molar-refractivity contribution in [3.05, 3.63) is 28.8 Å². The van der Waals surface area contributed by atoms with E-state index in [1.807, 2.05) is 0 Å². The highest BCUT2D eigenvalue weighted by Gasteiger charge is 2.07. The second-order valence-corrected chi connectivity index (χ2v) is 3.71. The first kappa shape index (κ1) is 9.68. The summed E-state index contributed by atoms with van der Waals surface area (Å²) in [7, 11) is 0.